The molecule has 0 radical (unpaired) electrons. The van der Waals surface area contributed by atoms with E-state index in [0.717, 1.165) is 17.5 Å². The van der Waals surface area contributed by atoms with E-state index >= 15 is 0 Å². The van der Waals surface area contributed by atoms with E-state index in [2.05, 4.69) is 0 Å². The third-order valence-corrected chi connectivity index (χ3v) is 7.13. The van der Waals surface area contributed by atoms with Gasteiger partial charge in [0, 0.05) is 23.2 Å². The summed E-state index contributed by atoms with van der Waals surface area (Å²) in [4.78, 5) is 1.60. The second kappa shape index (κ2) is 5.12. The Morgan fingerprint density at radius 3 is 2.86 bits per heavy atom. The molecule has 1 aromatic heterocycles. The maximum absolute atomic E-state index is 13.0. The zero-order valence-corrected chi connectivity index (χ0v) is 13.7. The number of nitrogen functional groups attached to an aromatic ring is 1. The van der Waals surface area contributed by atoms with Gasteiger partial charge in [0.25, 0.3) is 0 Å². The quantitative estimate of drug-likeness (QED) is 0.865. The van der Waals surface area contributed by atoms with E-state index in [0.29, 0.717) is 17.1 Å². The SMILES string of the molecule is Cc1ccc(N)cc1S(=O)(=O)N1CCc2sccc2C1C. The fourth-order valence-electron chi connectivity index (χ4n) is 2.84. The molecular formula is C15H18N2O2S2. The van der Waals surface area contributed by atoms with Gasteiger partial charge in [0.15, 0.2) is 0 Å². The molecule has 0 bridgehead atoms. The predicted molar refractivity (Wildman–Crippen MR) is 85.9 cm³/mol. The molecule has 0 spiro atoms. The van der Waals surface area contributed by atoms with Gasteiger partial charge in [-0.25, -0.2) is 8.42 Å². The Kier molecular flexibility index (Phi) is 3.55. The van der Waals surface area contributed by atoms with Crippen LogP contribution in [-0.2, 0) is 16.4 Å². The Morgan fingerprint density at radius 1 is 1.33 bits per heavy atom. The third kappa shape index (κ3) is 2.37. The van der Waals surface area contributed by atoms with E-state index in [-0.39, 0.29) is 6.04 Å². The first-order valence-corrected chi connectivity index (χ1v) is 9.17. The van der Waals surface area contributed by atoms with Crippen molar-refractivity contribution in [2.24, 2.45) is 0 Å². The monoisotopic (exact) mass is 322 g/mol. The predicted octanol–water partition coefficient (Wildman–Crippen LogP) is 2.95. The highest BCUT2D eigenvalue weighted by Gasteiger charge is 2.35. The van der Waals surface area contributed by atoms with E-state index in [1.807, 2.05) is 18.4 Å². The standard InChI is InChI=1S/C15H18N2O2S2/c1-10-3-4-12(16)9-15(10)21(18,19)17-7-5-14-13(11(17)2)6-8-20-14/h3-4,6,8-9,11H,5,7,16H2,1-2H3. The summed E-state index contributed by atoms with van der Waals surface area (Å²) in [7, 11) is -3.53. The minimum absolute atomic E-state index is 0.133. The zero-order chi connectivity index (χ0) is 15.2. The van der Waals surface area contributed by atoms with Gasteiger partial charge >= 0.3 is 0 Å². The van der Waals surface area contributed by atoms with Crippen LogP contribution < -0.4 is 5.73 Å². The minimum Gasteiger partial charge on any atom is -0.399 e. The number of benzene rings is 1. The van der Waals surface area contributed by atoms with Crippen molar-refractivity contribution in [2.45, 2.75) is 31.2 Å². The normalized spacial score (nSPS) is 19.4. The maximum atomic E-state index is 13.0. The van der Waals surface area contributed by atoms with Gasteiger partial charge in [-0.05, 0) is 55.0 Å². The van der Waals surface area contributed by atoms with Crippen molar-refractivity contribution in [3.05, 3.63) is 45.6 Å². The Hall–Kier alpha value is -1.37. The van der Waals surface area contributed by atoms with Crippen molar-refractivity contribution in [1.82, 2.24) is 4.31 Å². The maximum Gasteiger partial charge on any atom is 0.243 e. The number of nitrogens with zero attached hydrogens (tertiary/aromatic N) is 1. The summed E-state index contributed by atoms with van der Waals surface area (Å²) in [5, 5.41) is 2.03. The third-order valence-electron chi connectivity index (χ3n) is 4.02. The van der Waals surface area contributed by atoms with Crippen LogP contribution >= 0.6 is 11.3 Å². The van der Waals surface area contributed by atoms with Crippen LogP contribution in [-0.4, -0.2) is 19.3 Å². The van der Waals surface area contributed by atoms with Crippen molar-refractivity contribution < 1.29 is 8.42 Å². The fourth-order valence-corrected chi connectivity index (χ4v) is 5.67. The molecule has 1 unspecified atom stereocenters. The summed E-state index contributed by atoms with van der Waals surface area (Å²) in [5.74, 6) is 0. The number of thiophene rings is 1. The van der Waals surface area contributed by atoms with Gasteiger partial charge < -0.3 is 5.73 Å². The van der Waals surface area contributed by atoms with Gasteiger partial charge in [0.05, 0.1) is 4.90 Å². The molecule has 3 rings (SSSR count). The van der Waals surface area contributed by atoms with E-state index < -0.39 is 10.0 Å². The van der Waals surface area contributed by atoms with Crippen molar-refractivity contribution >= 4 is 27.0 Å². The number of aryl methyl sites for hydroxylation is 1. The molecular weight excluding hydrogens is 304 g/mol. The van der Waals surface area contributed by atoms with E-state index in [1.165, 1.54) is 4.88 Å². The molecule has 0 saturated heterocycles. The molecule has 0 amide bonds. The van der Waals surface area contributed by atoms with Crippen LogP contribution in [0.5, 0.6) is 0 Å². The van der Waals surface area contributed by atoms with Gasteiger partial charge in [-0.15, -0.1) is 11.3 Å². The van der Waals surface area contributed by atoms with Crippen molar-refractivity contribution in [1.29, 1.82) is 0 Å². The summed E-state index contributed by atoms with van der Waals surface area (Å²) in [5.41, 5.74) is 8.09. The van der Waals surface area contributed by atoms with Crippen LogP contribution in [0.4, 0.5) is 5.69 Å². The lowest BCUT2D eigenvalue weighted by Crippen LogP contribution is -2.38. The molecule has 0 fully saturated rings. The smallest absolute Gasteiger partial charge is 0.243 e. The average Bonchev–Trinajstić information content (AvgIpc) is 2.91. The van der Waals surface area contributed by atoms with Crippen molar-refractivity contribution in [3.8, 4) is 0 Å². The van der Waals surface area contributed by atoms with Crippen LogP contribution in [0.2, 0.25) is 0 Å². The first kappa shape index (κ1) is 14.6. The Morgan fingerprint density at radius 2 is 2.10 bits per heavy atom. The molecule has 1 atom stereocenters. The molecule has 0 aliphatic carbocycles. The minimum atomic E-state index is -3.53. The number of rotatable bonds is 2. The Balaban J connectivity index is 2.05. The average molecular weight is 322 g/mol. The van der Waals surface area contributed by atoms with Crippen LogP contribution in [0.3, 0.4) is 0 Å². The topological polar surface area (TPSA) is 63.4 Å². The number of nitrogens with two attached hydrogens (primary N) is 1. The molecule has 2 N–H and O–H groups in total. The molecule has 1 aliphatic heterocycles. The summed E-state index contributed by atoms with van der Waals surface area (Å²) in [6.45, 7) is 4.27. The van der Waals surface area contributed by atoms with E-state index in [9.17, 15) is 8.42 Å². The number of hydrogen-bond acceptors (Lipinski definition) is 4. The van der Waals surface area contributed by atoms with Crippen molar-refractivity contribution in [2.75, 3.05) is 12.3 Å². The number of sulfonamides is 1. The van der Waals surface area contributed by atoms with E-state index in [1.54, 1.807) is 40.8 Å². The van der Waals surface area contributed by atoms with Gasteiger partial charge in [0.2, 0.25) is 10.0 Å². The van der Waals surface area contributed by atoms with Gasteiger partial charge in [-0.3, -0.25) is 0 Å². The molecule has 4 nitrogen and oxygen atoms in total. The van der Waals surface area contributed by atoms with Crippen LogP contribution in [0.15, 0.2) is 34.5 Å². The van der Waals surface area contributed by atoms with Gasteiger partial charge in [-0.2, -0.15) is 4.31 Å². The second-order valence-electron chi connectivity index (χ2n) is 5.37. The lowest BCUT2D eigenvalue weighted by Gasteiger charge is -2.33. The van der Waals surface area contributed by atoms with Gasteiger partial charge in [-0.1, -0.05) is 6.07 Å². The first-order chi connectivity index (χ1) is 9.91. The lowest BCUT2D eigenvalue weighted by atomic mass is 10.0. The molecule has 6 heteroatoms. The molecule has 0 saturated carbocycles. The largest absolute Gasteiger partial charge is 0.399 e. The summed E-state index contributed by atoms with van der Waals surface area (Å²) < 4.78 is 27.5. The second-order valence-corrected chi connectivity index (χ2v) is 8.23. The molecule has 112 valence electrons. The number of hydrogen-bond donors (Lipinski definition) is 1. The highest BCUT2D eigenvalue weighted by Crippen LogP contribution is 2.37. The van der Waals surface area contributed by atoms with Crippen LogP contribution in [0.1, 0.15) is 29.0 Å². The molecule has 2 heterocycles. The summed E-state index contributed by atoms with van der Waals surface area (Å²) in [6.07, 6.45) is 0.776. The van der Waals surface area contributed by atoms with E-state index in [4.69, 9.17) is 5.73 Å². The highest BCUT2D eigenvalue weighted by atomic mass is 32.2. The summed E-state index contributed by atoms with van der Waals surface area (Å²) >= 11 is 1.70. The number of fused-ring (bicyclic) bond motifs is 1. The molecule has 1 aliphatic rings. The zero-order valence-electron chi connectivity index (χ0n) is 12.0. The van der Waals surface area contributed by atoms with Crippen LogP contribution in [0.25, 0.3) is 0 Å². The Bertz CT molecular complexity index is 781. The van der Waals surface area contributed by atoms with Crippen molar-refractivity contribution in [3.63, 3.8) is 0 Å². The Labute approximate surface area is 129 Å². The molecule has 1 aromatic carbocycles. The molecule has 2 aromatic rings. The van der Waals surface area contributed by atoms with Crippen LogP contribution in [0, 0.1) is 6.92 Å². The molecule has 21 heavy (non-hydrogen) atoms. The lowest BCUT2D eigenvalue weighted by molar-refractivity contribution is 0.329. The first-order valence-electron chi connectivity index (χ1n) is 6.85. The highest BCUT2D eigenvalue weighted by molar-refractivity contribution is 7.89. The number of anilines is 1. The summed E-state index contributed by atoms with van der Waals surface area (Å²) in [6, 6.07) is 6.93. The fraction of sp³-hybridized carbons (Fsp3) is 0.333. The van der Waals surface area contributed by atoms with Gasteiger partial charge in [0.1, 0.15) is 0 Å².